The summed E-state index contributed by atoms with van der Waals surface area (Å²) in [7, 11) is 0. The predicted molar refractivity (Wildman–Crippen MR) is 105 cm³/mol. The molecule has 1 saturated carbocycles. The molecular formula is C21H27F3N2O5. The minimum absolute atomic E-state index is 0.150. The third kappa shape index (κ3) is 5.61. The van der Waals surface area contributed by atoms with Crippen molar-refractivity contribution in [2.24, 2.45) is 0 Å². The first kappa shape index (κ1) is 23.2. The maximum Gasteiger partial charge on any atom is 0.419 e. The number of ether oxygens (including phenoxy) is 2. The Morgan fingerprint density at radius 3 is 2.19 bits per heavy atom. The number of carbonyl (C=O) groups is 2. The molecule has 172 valence electrons. The Balaban J connectivity index is 1.85. The molecule has 10 heteroatoms. The Hall–Kier alpha value is -2.49. The van der Waals surface area contributed by atoms with Gasteiger partial charge in [0.2, 0.25) is 5.60 Å². The summed E-state index contributed by atoms with van der Waals surface area (Å²) in [5.74, 6) is -1.03. The van der Waals surface area contributed by atoms with E-state index in [9.17, 15) is 22.8 Å². The number of amides is 1. The SMILES string of the molecule is CC(C)(C)OC(=O)C1(Oc2c(CN3CCN(C(=O)O)CC3)cccc2C(F)(F)F)CC1. The highest BCUT2D eigenvalue weighted by atomic mass is 19.4. The van der Waals surface area contributed by atoms with Gasteiger partial charge in [-0.1, -0.05) is 12.1 Å². The van der Waals surface area contributed by atoms with Gasteiger partial charge in [-0.2, -0.15) is 13.2 Å². The van der Waals surface area contributed by atoms with Crippen molar-refractivity contribution in [2.45, 2.75) is 57.5 Å². The van der Waals surface area contributed by atoms with Gasteiger partial charge in [-0.15, -0.1) is 0 Å². The van der Waals surface area contributed by atoms with Gasteiger partial charge in [0, 0.05) is 51.1 Å². The van der Waals surface area contributed by atoms with Gasteiger partial charge in [-0.25, -0.2) is 9.59 Å². The fraction of sp³-hybridized carbons (Fsp3) is 0.619. The normalized spacial score (nSPS) is 19.1. The van der Waals surface area contributed by atoms with Crippen LogP contribution >= 0.6 is 0 Å². The standard InChI is InChI=1S/C21H27F3N2O5/c1-19(2,3)31-17(27)20(7-8-20)30-16-14(5-4-6-15(16)21(22,23)24)13-25-9-11-26(12-10-25)18(28)29/h4-6H,7-13H2,1-3H3,(H,28,29). The molecule has 0 radical (unpaired) electrons. The zero-order valence-electron chi connectivity index (χ0n) is 17.8. The molecule has 0 aromatic heterocycles. The van der Waals surface area contributed by atoms with Crippen molar-refractivity contribution in [3.8, 4) is 5.75 Å². The van der Waals surface area contributed by atoms with E-state index in [0.29, 0.717) is 18.7 Å². The molecule has 1 amide bonds. The summed E-state index contributed by atoms with van der Waals surface area (Å²) in [6, 6.07) is 3.79. The van der Waals surface area contributed by atoms with Crippen LogP contribution < -0.4 is 4.74 Å². The summed E-state index contributed by atoms with van der Waals surface area (Å²) in [4.78, 5) is 26.8. The molecular weight excluding hydrogens is 417 g/mol. The van der Waals surface area contributed by atoms with Gasteiger partial charge in [-0.05, 0) is 26.8 Å². The molecule has 1 aromatic carbocycles. The van der Waals surface area contributed by atoms with E-state index in [1.807, 2.05) is 4.90 Å². The Labute approximate surface area is 178 Å². The number of rotatable bonds is 5. The molecule has 0 spiro atoms. The molecule has 1 aromatic rings. The first-order valence-electron chi connectivity index (χ1n) is 10.1. The molecule has 0 unspecified atom stereocenters. The van der Waals surface area contributed by atoms with Crippen LogP contribution in [0, 0.1) is 0 Å². The van der Waals surface area contributed by atoms with Crippen LogP contribution in [0.4, 0.5) is 18.0 Å². The van der Waals surface area contributed by atoms with E-state index < -0.39 is 35.0 Å². The molecule has 31 heavy (non-hydrogen) atoms. The fourth-order valence-corrected chi connectivity index (χ4v) is 3.42. The topological polar surface area (TPSA) is 79.3 Å². The second-order valence-electron chi connectivity index (χ2n) is 8.94. The molecule has 2 aliphatic rings. The maximum absolute atomic E-state index is 13.7. The van der Waals surface area contributed by atoms with Crippen LogP contribution in [0.1, 0.15) is 44.7 Å². The minimum atomic E-state index is -4.66. The number of hydrogen-bond acceptors (Lipinski definition) is 5. The van der Waals surface area contributed by atoms with Crippen LogP contribution in [0.2, 0.25) is 0 Å². The van der Waals surface area contributed by atoms with E-state index in [4.69, 9.17) is 14.6 Å². The van der Waals surface area contributed by atoms with E-state index >= 15 is 0 Å². The molecule has 1 saturated heterocycles. The highest BCUT2D eigenvalue weighted by Gasteiger charge is 2.56. The number of benzene rings is 1. The maximum atomic E-state index is 13.7. The molecule has 7 nitrogen and oxygen atoms in total. The van der Waals surface area contributed by atoms with E-state index in [1.54, 1.807) is 26.8 Å². The van der Waals surface area contributed by atoms with Crippen LogP contribution in [0.15, 0.2) is 18.2 Å². The van der Waals surface area contributed by atoms with Gasteiger partial charge in [0.05, 0.1) is 5.56 Å². The van der Waals surface area contributed by atoms with Gasteiger partial charge < -0.3 is 19.5 Å². The molecule has 0 atom stereocenters. The summed E-state index contributed by atoms with van der Waals surface area (Å²) in [5, 5.41) is 9.07. The van der Waals surface area contributed by atoms with Gasteiger partial charge in [0.25, 0.3) is 0 Å². The highest BCUT2D eigenvalue weighted by Crippen LogP contribution is 2.47. The van der Waals surface area contributed by atoms with Crippen molar-refractivity contribution in [3.05, 3.63) is 29.3 Å². The van der Waals surface area contributed by atoms with Crippen molar-refractivity contribution in [3.63, 3.8) is 0 Å². The number of halogens is 3. The van der Waals surface area contributed by atoms with Gasteiger partial charge >= 0.3 is 18.2 Å². The summed E-state index contributed by atoms with van der Waals surface area (Å²) in [6.07, 6.45) is -5.11. The lowest BCUT2D eigenvalue weighted by Crippen LogP contribution is -2.47. The highest BCUT2D eigenvalue weighted by molar-refractivity contribution is 5.84. The van der Waals surface area contributed by atoms with Crippen LogP contribution in [0.3, 0.4) is 0 Å². The monoisotopic (exact) mass is 444 g/mol. The van der Waals surface area contributed by atoms with Crippen molar-refractivity contribution in [1.82, 2.24) is 9.80 Å². The number of nitrogens with zero attached hydrogens (tertiary/aromatic N) is 2. The van der Waals surface area contributed by atoms with Crippen LogP contribution in [0.5, 0.6) is 5.75 Å². The molecule has 0 bridgehead atoms. The predicted octanol–water partition coefficient (Wildman–Crippen LogP) is 3.75. The average Bonchev–Trinajstić information content (AvgIpc) is 3.42. The zero-order chi connectivity index (χ0) is 23.0. The largest absolute Gasteiger partial charge is 0.475 e. The Morgan fingerprint density at radius 2 is 1.71 bits per heavy atom. The summed E-state index contributed by atoms with van der Waals surface area (Å²) >= 11 is 0. The second kappa shape index (κ2) is 8.22. The number of esters is 1. The minimum Gasteiger partial charge on any atom is -0.475 e. The van der Waals surface area contributed by atoms with E-state index in [0.717, 1.165) is 6.07 Å². The third-order valence-electron chi connectivity index (χ3n) is 5.21. The lowest BCUT2D eigenvalue weighted by atomic mass is 10.1. The first-order valence-corrected chi connectivity index (χ1v) is 10.1. The van der Waals surface area contributed by atoms with Gasteiger partial charge in [0.1, 0.15) is 11.4 Å². The van der Waals surface area contributed by atoms with Gasteiger partial charge in [0.15, 0.2) is 0 Å². The van der Waals surface area contributed by atoms with Crippen molar-refractivity contribution in [1.29, 1.82) is 0 Å². The molecule has 1 heterocycles. The fourth-order valence-electron chi connectivity index (χ4n) is 3.42. The molecule has 2 fully saturated rings. The van der Waals surface area contributed by atoms with Crippen LogP contribution in [-0.2, 0) is 22.3 Å². The number of alkyl halides is 3. The Morgan fingerprint density at radius 1 is 1.10 bits per heavy atom. The Kier molecular flexibility index (Phi) is 6.14. The summed E-state index contributed by atoms with van der Waals surface area (Å²) < 4.78 is 52.4. The van der Waals surface area contributed by atoms with Crippen LogP contribution in [-0.4, -0.2) is 64.4 Å². The number of carboxylic acid groups (broad SMARTS) is 1. The molecule has 1 N–H and O–H groups in total. The summed E-state index contributed by atoms with van der Waals surface area (Å²) in [6.45, 7) is 6.53. The van der Waals surface area contributed by atoms with E-state index in [1.165, 1.54) is 11.0 Å². The molecule has 1 aliphatic carbocycles. The number of carbonyl (C=O) groups excluding carboxylic acids is 1. The van der Waals surface area contributed by atoms with E-state index in [2.05, 4.69) is 0 Å². The lowest BCUT2D eigenvalue weighted by molar-refractivity contribution is -0.167. The molecule has 3 rings (SSSR count). The average molecular weight is 444 g/mol. The number of piperazine rings is 1. The first-order chi connectivity index (χ1) is 14.3. The Bertz CT molecular complexity index is 838. The van der Waals surface area contributed by atoms with Gasteiger partial charge in [-0.3, -0.25) is 4.90 Å². The zero-order valence-corrected chi connectivity index (χ0v) is 17.8. The van der Waals surface area contributed by atoms with Crippen LogP contribution in [0.25, 0.3) is 0 Å². The second-order valence-corrected chi connectivity index (χ2v) is 8.94. The quantitative estimate of drug-likeness (QED) is 0.697. The lowest BCUT2D eigenvalue weighted by Gasteiger charge is -2.34. The summed E-state index contributed by atoms with van der Waals surface area (Å²) in [5.41, 5.74) is -2.84. The molecule has 1 aliphatic heterocycles. The van der Waals surface area contributed by atoms with Crippen molar-refractivity contribution >= 4 is 12.1 Å². The third-order valence-corrected chi connectivity index (χ3v) is 5.21. The van der Waals surface area contributed by atoms with Crippen molar-refractivity contribution in [2.75, 3.05) is 26.2 Å². The van der Waals surface area contributed by atoms with Crippen molar-refractivity contribution < 1.29 is 37.3 Å². The number of para-hydroxylation sites is 1. The van der Waals surface area contributed by atoms with E-state index in [-0.39, 0.29) is 38.2 Å². The smallest absolute Gasteiger partial charge is 0.419 e. The number of hydrogen-bond donors (Lipinski definition) is 1.